The van der Waals surface area contributed by atoms with Crippen molar-refractivity contribution in [2.75, 3.05) is 32.8 Å². The number of aliphatic hydroxyl groups is 1. The average molecular weight is 234 g/mol. The molecule has 3 nitrogen and oxygen atoms in total. The van der Waals surface area contributed by atoms with Gasteiger partial charge in [-0.3, -0.25) is 4.90 Å². The lowest BCUT2D eigenvalue weighted by molar-refractivity contribution is 0.283. The fourth-order valence-corrected chi connectivity index (χ4v) is 2.45. The zero-order chi connectivity index (χ0) is 11.9. The Morgan fingerprint density at radius 1 is 1.29 bits per heavy atom. The summed E-state index contributed by atoms with van der Waals surface area (Å²) in [4.78, 5) is 2.51. The van der Waals surface area contributed by atoms with Crippen LogP contribution in [0.4, 0.5) is 0 Å². The fraction of sp³-hybridized carbons (Fsp3) is 0.571. The van der Waals surface area contributed by atoms with E-state index in [4.69, 9.17) is 5.11 Å². The number of likely N-dealkylation sites (tertiary alicyclic amines) is 1. The number of nitrogens with one attached hydrogen (secondary N) is 1. The van der Waals surface area contributed by atoms with Gasteiger partial charge in [-0.15, -0.1) is 0 Å². The van der Waals surface area contributed by atoms with E-state index in [1.54, 1.807) is 0 Å². The maximum absolute atomic E-state index is 8.71. The summed E-state index contributed by atoms with van der Waals surface area (Å²) in [6, 6.07) is 10.7. The largest absolute Gasteiger partial charge is 0.395 e. The number of benzene rings is 1. The monoisotopic (exact) mass is 234 g/mol. The van der Waals surface area contributed by atoms with Gasteiger partial charge in [0.25, 0.3) is 0 Å². The topological polar surface area (TPSA) is 35.5 Å². The van der Waals surface area contributed by atoms with Gasteiger partial charge in [0.15, 0.2) is 0 Å². The summed E-state index contributed by atoms with van der Waals surface area (Å²) in [7, 11) is 0. The van der Waals surface area contributed by atoms with Crippen LogP contribution < -0.4 is 5.32 Å². The third-order valence-electron chi connectivity index (χ3n) is 3.34. The van der Waals surface area contributed by atoms with Crippen LogP contribution in [0.15, 0.2) is 30.3 Å². The van der Waals surface area contributed by atoms with Gasteiger partial charge in [0.05, 0.1) is 6.61 Å². The molecule has 0 unspecified atom stereocenters. The molecule has 1 fully saturated rings. The molecule has 1 heterocycles. The van der Waals surface area contributed by atoms with Crippen LogP contribution in [-0.2, 0) is 6.54 Å². The summed E-state index contributed by atoms with van der Waals surface area (Å²) in [6.45, 7) is 5.42. The Hall–Kier alpha value is -0.900. The molecule has 1 aromatic rings. The van der Waals surface area contributed by atoms with Crippen LogP contribution in [-0.4, -0.2) is 42.8 Å². The Morgan fingerprint density at radius 3 is 2.88 bits per heavy atom. The minimum atomic E-state index is 0.237. The van der Waals surface area contributed by atoms with Gasteiger partial charge in [0, 0.05) is 19.6 Å². The number of hydrogen-bond donors (Lipinski definition) is 2. The molecule has 1 aliphatic heterocycles. The first-order chi connectivity index (χ1) is 8.38. The predicted molar refractivity (Wildman–Crippen MR) is 69.8 cm³/mol. The van der Waals surface area contributed by atoms with E-state index in [0.29, 0.717) is 0 Å². The van der Waals surface area contributed by atoms with Crippen LogP contribution in [0.3, 0.4) is 0 Å². The lowest BCUT2D eigenvalue weighted by Crippen LogP contribution is -2.28. The van der Waals surface area contributed by atoms with Crippen molar-refractivity contribution in [2.45, 2.75) is 13.0 Å². The van der Waals surface area contributed by atoms with Crippen LogP contribution in [0.5, 0.6) is 0 Å². The van der Waals surface area contributed by atoms with Crippen LogP contribution in [0, 0.1) is 5.92 Å². The maximum atomic E-state index is 8.71. The van der Waals surface area contributed by atoms with Crippen LogP contribution >= 0.6 is 0 Å². The molecule has 3 heteroatoms. The lowest BCUT2D eigenvalue weighted by atomic mass is 10.1. The summed E-state index contributed by atoms with van der Waals surface area (Å²) in [6.07, 6.45) is 1.27. The van der Waals surface area contributed by atoms with E-state index in [-0.39, 0.29) is 6.61 Å². The highest BCUT2D eigenvalue weighted by atomic mass is 16.3. The number of hydrogen-bond acceptors (Lipinski definition) is 3. The zero-order valence-corrected chi connectivity index (χ0v) is 10.3. The SMILES string of the molecule is OCCNC[C@H]1CCN(Cc2ccccc2)C1. The van der Waals surface area contributed by atoms with Crippen molar-refractivity contribution in [2.24, 2.45) is 5.92 Å². The fourth-order valence-electron chi connectivity index (χ4n) is 2.45. The third-order valence-corrected chi connectivity index (χ3v) is 3.34. The second-order valence-corrected chi connectivity index (χ2v) is 4.80. The summed E-state index contributed by atoms with van der Waals surface area (Å²) in [5.74, 6) is 0.741. The van der Waals surface area contributed by atoms with Crippen molar-refractivity contribution in [3.05, 3.63) is 35.9 Å². The van der Waals surface area contributed by atoms with Crippen molar-refractivity contribution >= 4 is 0 Å². The van der Waals surface area contributed by atoms with Crippen LogP contribution in [0.2, 0.25) is 0 Å². The van der Waals surface area contributed by atoms with Gasteiger partial charge in [-0.1, -0.05) is 30.3 Å². The first-order valence-electron chi connectivity index (χ1n) is 6.46. The molecule has 1 atom stereocenters. The van der Waals surface area contributed by atoms with Crippen molar-refractivity contribution in [1.82, 2.24) is 10.2 Å². The highest BCUT2D eigenvalue weighted by molar-refractivity contribution is 5.14. The summed E-state index contributed by atoms with van der Waals surface area (Å²) in [5, 5.41) is 12.0. The number of nitrogens with zero attached hydrogens (tertiary/aromatic N) is 1. The normalized spacial score (nSPS) is 20.9. The van der Waals surface area contributed by atoms with E-state index in [1.807, 2.05) is 0 Å². The molecule has 0 bridgehead atoms. The molecule has 0 amide bonds. The van der Waals surface area contributed by atoms with Gasteiger partial charge in [-0.25, -0.2) is 0 Å². The number of aliphatic hydroxyl groups excluding tert-OH is 1. The van der Waals surface area contributed by atoms with Gasteiger partial charge in [-0.2, -0.15) is 0 Å². The van der Waals surface area contributed by atoms with Gasteiger partial charge in [0.1, 0.15) is 0 Å². The minimum Gasteiger partial charge on any atom is -0.395 e. The summed E-state index contributed by atoms with van der Waals surface area (Å²) < 4.78 is 0. The quantitative estimate of drug-likeness (QED) is 0.723. The molecule has 2 rings (SSSR count). The third kappa shape index (κ3) is 4.11. The Kier molecular flexibility index (Phi) is 4.98. The van der Waals surface area contributed by atoms with Crippen molar-refractivity contribution in [3.63, 3.8) is 0 Å². The maximum Gasteiger partial charge on any atom is 0.0555 e. The second-order valence-electron chi connectivity index (χ2n) is 4.80. The summed E-state index contributed by atoms with van der Waals surface area (Å²) >= 11 is 0. The zero-order valence-electron chi connectivity index (χ0n) is 10.3. The minimum absolute atomic E-state index is 0.237. The van der Waals surface area contributed by atoms with Crippen molar-refractivity contribution in [3.8, 4) is 0 Å². The highest BCUT2D eigenvalue weighted by Crippen LogP contribution is 2.17. The Balaban J connectivity index is 1.71. The van der Waals surface area contributed by atoms with Gasteiger partial charge >= 0.3 is 0 Å². The van der Waals surface area contributed by atoms with E-state index < -0.39 is 0 Å². The molecular weight excluding hydrogens is 212 g/mol. The van der Waals surface area contributed by atoms with Gasteiger partial charge < -0.3 is 10.4 Å². The molecule has 1 saturated heterocycles. The molecule has 17 heavy (non-hydrogen) atoms. The number of rotatable bonds is 6. The molecule has 1 aromatic carbocycles. The lowest BCUT2D eigenvalue weighted by Gasteiger charge is -2.16. The molecule has 0 aromatic heterocycles. The molecule has 0 radical (unpaired) electrons. The van der Waals surface area contributed by atoms with Gasteiger partial charge in [0.2, 0.25) is 0 Å². The van der Waals surface area contributed by atoms with E-state index in [0.717, 1.165) is 25.6 Å². The van der Waals surface area contributed by atoms with E-state index in [1.165, 1.54) is 25.1 Å². The predicted octanol–water partition coefficient (Wildman–Crippen LogP) is 1.09. The molecule has 1 aliphatic rings. The standard InChI is InChI=1S/C14H22N2O/c17-9-7-15-10-14-6-8-16(12-14)11-13-4-2-1-3-5-13/h1-5,14-15,17H,6-12H2/t14-/m1/s1. The molecule has 94 valence electrons. The summed E-state index contributed by atoms with van der Waals surface area (Å²) in [5.41, 5.74) is 1.40. The Morgan fingerprint density at radius 2 is 2.12 bits per heavy atom. The average Bonchev–Trinajstić information content (AvgIpc) is 2.79. The van der Waals surface area contributed by atoms with Crippen LogP contribution in [0.1, 0.15) is 12.0 Å². The van der Waals surface area contributed by atoms with Crippen molar-refractivity contribution < 1.29 is 5.11 Å². The smallest absolute Gasteiger partial charge is 0.0555 e. The Labute approximate surface area is 103 Å². The van der Waals surface area contributed by atoms with E-state index >= 15 is 0 Å². The highest BCUT2D eigenvalue weighted by Gasteiger charge is 2.21. The van der Waals surface area contributed by atoms with E-state index in [2.05, 4.69) is 40.5 Å². The molecule has 2 N–H and O–H groups in total. The molecule has 0 spiro atoms. The molecular formula is C14H22N2O. The molecule has 0 aliphatic carbocycles. The second kappa shape index (κ2) is 6.74. The first-order valence-corrected chi connectivity index (χ1v) is 6.46. The molecule has 0 saturated carbocycles. The van der Waals surface area contributed by atoms with Gasteiger partial charge in [-0.05, 0) is 31.0 Å². The first kappa shape index (κ1) is 12.6. The van der Waals surface area contributed by atoms with E-state index in [9.17, 15) is 0 Å². The van der Waals surface area contributed by atoms with Crippen molar-refractivity contribution in [1.29, 1.82) is 0 Å². The van der Waals surface area contributed by atoms with Crippen LogP contribution in [0.25, 0.3) is 0 Å². The Bertz CT molecular complexity index is 315.